The highest BCUT2D eigenvalue weighted by molar-refractivity contribution is 7.91. The minimum atomic E-state index is -3.06. The second-order valence-corrected chi connectivity index (χ2v) is 8.27. The van der Waals surface area contributed by atoms with E-state index in [1.807, 2.05) is 0 Å². The fraction of sp³-hybridized carbons (Fsp3) is 0.294. The molecule has 132 valence electrons. The van der Waals surface area contributed by atoms with Crippen molar-refractivity contribution in [3.8, 4) is 0 Å². The average Bonchev–Trinajstić information content (AvgIpc) is 2.94. The number of carbonyl (C=O) groups excluding carboxylic acids is 1. The van der Waals surface area contributed by atoms with Gasteiger partial charge in [0.25, 0.3) is 5.91 Å². The molecule has 1 atom stereocenters. The SMILES string of the molecule is CN(C(=O)c1ccnc(Nc2cccc(F)c2)c1)C1CCS(=O)(=O)C1. The molecular weight excluding hydrogens is 345 g/mol. The standard InChI is InChI=1S/C17H18FN3O3S/c1-21(15-6-8-25(23,24)11-15)17(22)12-5-7-19-16(9-12)20-14-4-2-3-13(18)10-14/h2-5,7,9-10,15H,6,8,11H2,1H3,(H,19,20). The minimum Gasteiger partial charge on any atom is -0.340 e. The zero-order chi connectivity index (χ0) is 18.0. The summed E-state index contributed by atoms with van der Waals surface area (Å²) >= 11 is 0. The predicted molar refractivity (Wildman–Crippen MR) is 93.1 cm³/mol. The van der Waals surface area contributed by atoms with Crippen molar-refractivity contribution < 1.29 is 17.6 Å². The number of carbonyl (C=O) groups is 1. The molecule has 1 fully saturated rings. The number of sulfone groups is 1. The Kier molecular flexibility index (Phi) is 4.71. The summed E-state index contributed by atoms with van der Waals surface area (Å²) in [5, 5.41) is 2.94. The lowest BCUT2D eigenvalue weighted by Gasteiger charge is -2.23. The van der Waals surface area contributed by atoms with E-state index in [1.54, 1.807) is 31.3 Å². The molecule has 6 nitrogen and oxygen atoms in total. The van der Waals surface area contributed by atoms with Gasteiger partial charge in [-0.3, -0.25) is 4.79 Å². The molecule has 1 saturated heterocycles. The molecule has 1 N–H and O–H groups in total. The Labute approximate surface area is 145 Å². The summed E-state index contributed by atoms with van der Waals surface area (Å²) in [5.41, 5.74) is 0.910. The van der Waals surface area contributed by atoms with E-state index in [9.17, 15) is 17.6 Å². The zero-order valence-electron chi connectivity index (χ0n) is 13.6. The molecule has 0 aliphatic carbocycles. The maximum Gasteiger partial charge on any atom is 0.254 e. The van der Waals surface area contributed by atoms with Crippen molar-refractivity contribution in [3.63, 3.8) is 0 Å². The van der Waals surface area contributed by atoms with Crippen LogP contribution in [0.4, 0.5) is 15.9 Å². The van der Waals surface area contributed by atoms with Crippen LogP contribution in [0.2, 0.25) is 0 Å². The number of hydrogen-bond acceptors (Lipinski definition) is 5. The lowest BCUT2D eigenvalue weighted by Crippen LogP contribution is -2.37. The van der Waals surface area contributed by atoms with E-state index in [4.69, 9.17) is 0 Å². The summed E-state index contributed by atoms with van der Waals surface area (Å²) in [4.78, 5) is 18.2. The van der Waals surface area contributed by atoms with Crippen LogP contribution in [0.1, 0.15) is 16.8 Å². The van der Waals surface area contributed by atoms with Gasteiger partial charge in [-0.2, -0.15) is 0 Å². The quantitative estimate of drug-likeness (QED) is 0.901. The number of hydrogen-bond donors (Lipinski definition) is 1. The summed E-state index contributed by atoms with van der Waals surface area (Å²) < 4.78 is 36.4. The van der Waals surface area contributed by atoms with Crippen molar-refractivity contribution in [2.75, 3.05) is 23.9 Å². The first kappa shape index (κ1) is 17.3. The van der Waals surface area contributed by atoms with Crippen molar-refractivity contribution >= 4 is 27.2 Å². The van der Waals surface area contributed by atoms with Gasteiger partial charge in [0.15, 0.2) is 9.84 Å². The first-order valence-electron chi connectivity index (χ1n) is 7.80. The summed E-state index contributed by atoms with van der Waals surface area (Å²) in [5.74, 6) is -0.137. The van der Waals surface area contributed by atoms with Crippen LogP contribution in [0.25, 0.3) is 0 Å². The van der Waals surface area contributed by atoms with Crippen molar-refractivity contribution in [2.45, 2.75) is 12.5 Å². The molecule has 25 heavy (non-hydrogen) atoms. The van der Waals surface area contributed by atoms with E-state index in [0.29, 0.717) is 23.5 Å². The highest BCUT2D eigenvalue weighted by Gasteiger charge is 2.33. The molecular formula is C17H18FN3O3S. The highest BCUT2D eigenvalue weighted by Crippen LogP contribution is 2.20. The zero-order valence-corrected chi connectivity index (χ0v) is 14.5. The molecule has 1 aromatic carbocycles. The van der Waals surface area contributed by atoms with Gasteiger partial charge in [-0.25, -0.2) is 17.8 Å². The Morgan fingerprint density at radius 3 is 2.80 bits per heavy atom. The number of rotatable bonds is 4. The largest absolute Gasteiger partial charge is 0.340 e. The molecule has 2 heterocycles. The van der Waals surface area contributed by atoms with Crippen LogP contribution in [0.15, 0.2) is 42.6 Å². The highest BCUT2D eigenvalue weighted by atomic mass is 32.2. The molecule has 1 aliphatic rings. The van der Waals surface area contributed by atoms with Gasteiger partial charge in [-0.05, 0) is 36.8 Å². The summed E-state index contributed by atoms with van der Waals surface area (Å²) in [7, 11) is -1.46. The smallest absolute Gasteiger partial charge is 0.254 e. The first-order chi connectivity index (χ1) is 11.8. The maximum atomic E-state index is 13.2. The fourth-order valence-corrected chi connectivity index (χ4v) is 4.57. The molecule has 2 aromatic rings. The van der Waals surface area contributed by atoms with Crippen LogP contribution in [-0.2, 0) is 9.84 Å². The average molecular weight is 363 g/mol. The number of halogens is 1. The number of anilines is 2. The molecule has 3 rings (SSSR count). The van der Waals surface area contributed by atoms with Crippen LogP contribution >= 0.6 is 0 Å². The number of pyridine rings is 1. The van der Waals surface area contributed by atoms with Crippen LogP contribution in [0, 0.1) is 5.82 Å². The van der Waals surface area contributed by atoms with Crippen LogP contribution in [0.3, 0.4) is 0 Å². The summed E-state index contributed by atoms with van der Waals surface area (Å²) in [6, 6.07) is 8.74. The van der Waals surface area contributed by atoms with E-state index in [1.165, 1.54) is 23.2 Å². The van der Waals surface area contributed by atoms with Gasteiger partial charge in [0.2, 0.25) is 0 Å². The Morgan fingerprint density at radius 1 is 1.32 bits per heavy atom. The van der Waals surface area contributed by atoms with Gasteiger partial charge in [0, 0.05) is 30.5 Å². The van der Waals surface area contributed by atoms with Gasteiger partial charge < -0.3 is 10.2 Å². The molecule has 1 aliphatic heterocycles. The molecule has 1 unspecified atom stereocenters. The van der Waals surface area contributed by atoms with Gasteiger partial charge in [0.05, 0.1) is 11.5 Å². The van der Waals surface area contributed by atoms with Crippen LogP contribution < -0.4 is 5.32 Å². The molecule has 0 bridgehead atoms. The monoisotopic (exact) mass is 363 g/mol. The first-order valence-corrected chi connectivity index (χ1v) is 9.62. The Morgan fingerprint density at radius 2 is 2.12 bits per heavy atom. The molecule has 1 amide bonds. The lowest BCUT2D eigenvalue weighted by molar-refractivity contribution is 0.0747. The van der Waals surface area contributed by atoms with Crippen molar-refractivity contribution in [1.82, 2.24) is 9.88 Å². The van der Waals surface area contributed by atoms with E-state index in [2.05, 4.69) is 10.3 Å². The lowest BCUT2D eigenvalue weighted by atomic mass is 10.1. The third-order valence-corrected chi connectivity index (χ3v) is 5.93. The summed E-state index contributed by atoms with van der Waals surface area (Å²) in [6.45, 7) is 0. The van der Waals surface area contributed by atoms with E-state index in [0.717, 1.165) is 0 Å². The predicted octanol–water partition coefficient (Wildman–Crippen LogP) is 2.22. The third kappa shape index (κ3) is 4.14. The number of nitrogens with zero attached hydrogens (tertiary/aromatic N) is 2. The van der Waals surface area contributed by atoms with E-state index in [-0.39, 0.29) is 29.3 Å². The fourth-order valence-electron chi connectivity index (χ4n) is 2.80. The van der Waals surface area contributed by atoms with Gasteiger partial charge >= 0.3 is 0 Å². The van der Waals surface area contributed by atoms with E-state index >= 15 is 0 Å². The molecule has 1 aromatic heterocycles. The Balaban J connectivity index is 1.75. The molecule has 0 spiro atoms. The second-order valence-electron chi connectivity index (χ2n) is 6.04. The number of benzene rings is 1. The summed E-state index contributed by atoms with van der Waals surface area (Å²) in [6.07, 6.45) is 1.93. The Hall–Kier alpha value is -2.48. The van der Waals surface area contributed by atoms with Gasteiger partial charge in [0.1, 0.15) is 11.6 Å². The van der Waals surface area contributed by atoms with Gasteiger partial charge in [-0.15, -0.1) is 0 Å². The van der Waals surface area contributed by atoms with Crippen molar-refractivity contribution in [2.24, 2.45) is 0 Å². The molecule has 0 radical (unpaired) electrons. The Bertz CT molecular complexity index is 902. The molecule has 8 heteroatoms. The maximum absolute atomic E-state index is 13.2. The normalized spacial score (nSPS) is 18.7. The van der Waals surface area contributed by atoms with Crippen LogP contribution in [0.5, 0.6) is 0 Å². The topological polar surface area (TPSA) is 79.4 Å². The minimum absolute atomic E-state index is 0.00524. The number of aromatic nitrogens is 1. The van der Waals surface area contributed by atoms with Gasteiger partial charge in [-0.1, -0.05) is 6.07 Å². The van der Waals surface area contributed by atoms with Crippen LogP contribution in [-0.4, -0.2) is 48.8 Å². The van der Waals surface area contributed by atoms with Crippen molar-refractivity contribution in [3.05, 3.63) is 54.0 Å². The van der Waals surface area contributed by atoms with E-state index < -0.39 is 9.84 Å². The second kappa shape index (κ2) is 6.79. The third-order valence-electron chi connectivity index (χ3n) is 4.18. The number of amides is 1. The van der Waals surface area contributed by atoms with Crippen molar-refractivity contribution in [1.29, 1.82) is 0 Å². The molecule has 0 saturated carbocycles. The number of nitrogens with one attached hydrogen (secondary N) is 1.